The van der Waals surface area contributed by atoms with Gasteiger partial charge in [-0.3, -0.25) is 9.71 Å². The molecule has 0 aromatic carbocycles. The summed E-state index contributed by atoms with van der Waals surface area (Å²) in [6.07, 6.45) is 16.8. The number of hydrogen-bond donors (Lipinski definition) is 2. The Balaban J connectivity index is 1.44. The maximum absolute atomic E-state index is 11.7. The Morgan fingerprint density at radius 2 is 1.84 bits per heavy atom. The fourth-order valence-electron chi connectivity index (χ4n) is 7.51. The van der Waals surface area contributed by atoms with E-state index in [2.05, 4.69) is 35.7 Å². The zero-order chi connectivity index (χ0) is 22.0. The van der Waals surface area contributed by atoms with Gasteiger partial charge in [0.25, 0.3) is 0 Å². The molecule has 5 nitrogen and oxygen atoms in total. The van der Waals surface area contributed by atoms with Gasteiger partial charge >= 0.3 is 0 Å². The summed E-state index contributed by atoms with van der Waals surface area (Å²) in [4.78, 5) is 4.33. The van der Waals surface area contributed by atoms with E-state index in [0.29, 0.717) is 23.4 Å². The average Bonchev–Trinajstić information content (AvgIpc) is 3.05. The molecule has 6 atom stereocenters. The highest BCUT2D eigenvalue weighted by Gasteiger charge is 2.56. The molecule has 0 radical (unpaired) electrons. The molecule has 5 rings (SSSR count). The molecule has 0 saturated heterocycles. The Morgan fingerprint density at radius 1 is 1.06 bits per heavy atom. The van der Waals surface area contributed by atoms with Crippen LogP contribution in [-0.2, 0) is 10.0 Å². The molecule has 1 aromatic rings. The molecule has 2 saturated carbocycles. The van der Waals surface area contributed by atoms with Gasteiger partial charge in [0, 0.05) is 6.20 Å². The van der Waals surface area contributed by atoms with Crippen LogP contribution in [0.2, 0.25) is 0 Å². The second kappa shape index (κ2) is 7.17. The number of fused-ring (bicyclic) bond motifs is 5. The van der Waals surface area contributed by atoms with Crippen molar-refractivity contribution in [3.05, 3.63) is 41.7 Å². The number of hydrogen-bond acceptors (Lipinski definition) is 4. The molecule has 0 amide bonds. The molecule has 2 fully saturated rings. The van der Waals surface area contributed by atoms with Gasteiger partial charge in [-0.1, -0.05) is 31.6 Å². The summed E-state index contributed by atoms with van der Waals surface area (Å²) in [7, 11) is -3.33. The van der Waals surface area contributed by atoms with Crippen LogP contribution in [0.4, 0.5) is 5.69 Å². The van der Waals surface area contributed by atoms with Gasteiger partial charge in [0.05, 0.1) is 24.2 Å². The summed E-state index contributed by atoms with van der Waals surface area (Å²) in [6, 6.07) is 1.93. The van der Waals surface area contributed by atoms with Gasteiger partial charge in [-0.05, 0) is 90.7 Å². The molecule has 0 spiro atoms. The molecule has 4 aliphatic rings. The summed E-state index contributed by atoms with van der Waals surface area (Å²) in [5, 5.41) is 10.2. The third-order valence-electron chi connectivity index (χ3n) is 9.01. The molecule has 0 aliphatic heterocycles. The van der Waals surface area contributed by atoms with Crippen molar-refractivity contribution < 1.29 is 13.5 Å². The summed E-state index contributed by atoms with van der Waals surface area (Å²) < 4.78 is 25.9. The fraction of sp³-hybridized carbons (Fsp3) is 0.640. The Bertz CT molecular complexity index is 1060. The first-order chi connectivity index (χ1) is 14.6. The van der Waals surface area contributed by atoms with E-state index < -0.39 is 10.0 Å². The number of pyridine rings is 1. The number of rotatable bonds is 3. The predicted molar refractivity (Wildman–Crippen MR) is 124 cm³/mol. The minimum atomic E-state index is -3.33. The lowest BCUT2D eigenvalue weighted by atomic mass is 9.47. The molecular formula is C25H34N2O3S. The Labute approximate surface area is 186 Å². The number of aliphatic hydroxyl groups is 1. The lowest BCUT2D eigenvalue weighted by Crippen LogP contribution is -2.49. The van der Waals surface area contributed by atoms with Gasteiger partial charge in [-0.25, -0.2) is 8.42 Å². The Morgan fingerprint density at radius 3 is 2.61 bits per heavy atom. The van der Waals surface area contributed by atoms with E-state index in [1.807, 2.05) is 12.3 Å². The SMILES string of the molecule is C[C@]12CC[C@H](O)CC1=CC[C@@H]1[C@@H]2CC[C@]2(C)C(c3cncc(NS(C)(=O)=O)c3)=CC[C@@H]12. The normalized spacial score (nSPS) is 39.6. The third-order valence-corrected chi connectivity index (χ3v) is 9.62. The first kappa shape index (κ1) is 21.2. The number of nitrogens with zero attached hydrogens (tertiary/aromatic N) is 1. The van der Waals surface area contributed by atoms with Crippen LogP contribution < -0.4 is 4.72 Å². The first-order valence-electron chi connectivity index (χ1n) is 11.6. The minimum absolute atomic E-state index is 0.0996. The molecule has 31 heavy (non-hydrogen) atoms. The van der Waals surface area contributed by atoms with Gasteiger partial charge in [0.1, 0.15) is 0 Å². The lowest BCUT2D eigenvalue weighted by molar-refractivity contribution is -0.0238. The summed E-state index contributed by atoms with van der Waals surface area (Å²) >= 11 is 0. The molecular weight excluding hydrogens is 408 g/mol. The van der Waals surface area contributed by atoms with Crippen LogP contribution in [0.1, 0.15) is 64.4 Å². The van der Waals surface area contributed by atoms with Crippen molar-refractivity contribution in [2.45, 2.75) is 64.9 Å². The Hall–Kier alpha value is -1.66. The van der Waals surface area contributed by atoms with Gasteiger partial charge in [-0.2, -0.15) is 0 Å². The van der Waals surface area contributed by atoms with Crippen molar-refractivity contribution >= 4 is 21.3 Å². The molecule has 4 aliphatic carbocycles. The van der Waals surface area contributed by atoms with Crippen LogP contribution in [-0.4, -0.2) is 30.9 Å². The van der Waals surface area contributed by atoms with E-state index in [4.69, 9.17) is 0 Å². The summed E-state index contributed by atoms with van der Waals surface area (Å²) in [6.45, 7) is 4.87. The topological polar surface area (TPSA) is 79.3 Å². The number of allylic oxidation sites excluding steroid dienone is 3. The molecule has 0 unspecified atom stereocenters. The van der Waals surface area contributed by atoms with E-state index >= 15 is 0 Å². The highest BCUT2D eigenvalue weighted by atomic mass is 32.2. The van der Waals surface area contributed by atoms with E-state index in [-0.39, 0.29) is 16.9 Å². The third kappa shape index (κ3) is 3.46. The van der Waals surface area contributed by atoms with E-state index in [1.165, 1.54) is 23.8 Å². The molecule has 1 aromatic heterocycles. The van der Waals surface area contributed by atoms with Crippen LogP contribution in [0.15, 0.2) is 36.2 Å². The zero-order valence-electron chi connectivity index (χ0n) is 18.8. The second-order valence-electron chi connectivity index (χ2n) is 10.8. The predicted octanol–water partition coefficient (Wildman–Crippen LogP) is 4.77. The van der Waals surface area contributed by atoms with Crippen molar-refractivity contribution in [1.29, 1.82) is 0 Å². The van der Waals surface area contributed by atoms with Crippen LogP contribution in [0.5, 0.6) is 0 Å². The largest absolute Gasteiger partial charge is 0.393 e. The molecule has 0 bridgehead atoms. The second-order valence-corrected chi connectivity index (χ2v) is 12.6. The van der Waals surface area contributed by atoms with E-state index in [9.17, 15) is 13.5 Å². The average molecular weight is 443 g/mol. The number of anilines is 1. The van der Waals surface area contributed by atoms with Crippen LogP contribution >= 0.6 is 0 Å². The Kier molecular flexibility index (Phi) is 4.91. The lowest BCUT2D eigenvalue weighted by Gasteiger charge is -2.57. The van der Waals surface area contributed by atoms with Crippen molar-refractivity contribution in [1.82, 2.24) is 4.98 Å². The van der Waals surface area contributed by atoms with Crippen molar-refractivity contribution in [3.63, 3.8) is 0 Å². The van der Waals surface area contributed by atoms with Gasteiger partial charge in [0.2, 0.25) is 10.0 Å². The van der Waals surface area contributed by atoms with Gasteiger partial charge in [0.15, 0.2) is 0 Å². The number of aromatic nitrogens is 1. The smallest absolute Gasteiger partial charge is 0.229 e. The highest BCUT2D eigenvalue weighted by molar-refractivity contribution is 7.92. The van der Waals surface area contributed by atoms with Crippen molar-refractivity contribution in [2.24, 2.45) is 28.6 Å². The first-order valence-corrected chi connectivity index (χ1v) is 13.5. The number of aliphatic hydroxyl groups excluding tert-OH is 1. The summed E-state index contributed by atoms with van der Waals surface area (Å²) in [5.41, 5.74) is 4.75. The van der Waals surface area contributed by atoms with Gasteiger partial charge in [-0.15, -0.1) is 0 Å². The van der Waals surface area contributed by atoms with E-state index in [1.54, 1.807) is 6.20 Å². The maximum Gasteiger partial charge on any atom is 0.229 e. The van der Waals surface area contributed by atoms with Crippen molar-refractivity contribution in [3.8, 4) is 0 Å². The molecule has 1 heterocycles. The van der Waals surface area contributed by atoms with Crippen LogP contribution in [0, 0.1) is 28.6 Å². The molecule has 168 valence electrons. The highest BCUT2D eigenvalue weighted by Crippen LogP contribution is 2.66. The van der Waals surface area contributed by atoms with E-state index in [0.717, 1.165) is 44.1 Å². The van der Waals surface area contributed by atoms with Gasteiger partial charge < -0.3 is 5.11 Å². The minimum Gasteiger partial charge on any atom is -0.393 e. The molecule has 2 N–H and O–H groups in total. The number of nitrogens with one attached hydrogen (secondary N) is 1. The fourth-order valence-corrected chi connectivity index (χ4v) is 8.05. The maximum atomic E-state index is 11.7. The summed E-state index contributed by atoms with van der Waals surface area (Å²) in [5.74, 6) is 1.97. The van der Waals surface area contributed by atoms with Crippen LogP contribution in [0.25, 0.3) is 5.57 Å². The molecule has 6 heteroatoms. The zero-order valence-corrected chi connectivity index (χ0v) is 19.6. The monoisotopic (exact) mass is 442 g/mol. The van der Waals surface area contributed by atoms with Crippen LogP contribution in [0.3, 0.4) is 0 Å². The quantitative estimate of drug-likeness (QED) is 0.661. The van der Waals surface area contributed by atoms with Crippen molar-refractivity contribution in [2.75, 3.05) is 11.0 Å². The number of sulfonamides is 1. The standard InChI is InChI=1S/C25H34N2O3S/c1-24-10-8-19(28)13-17(24)4-5-20-22-7-6-21(25(22,2)11-9-23(20)24)16-12-18(15-26-14-16)27-31(3,29)30/h4,6,12,14-15,19-20,22-23,27-28H,5,7-11,13H2,1-3H3/t19-,20-,22-,23-,24-,25+/m0/s1.